The topological polar surface area (TPSA) is 29.1 Å². The molecule has 0 bridgehead atoms. The summed E-state index contributed by atoms with van der Waals surface area (Å²) in [6.07, 6.45) is 0.974. The van der Waals surface area contributed by atoms with Gasteiger partial charge in [-0.2, -0.15) is 13.2 Å². The number of rotatable bonds is 7. The molecule has 0 heterocycles. The number of alkyl halides is 3. The molecular formula is C15H19BrF3NO. The lowest BCUT2D eigenvalue weighted by atomic mass is 10.1. The van der Waals surface area contributed by atoms with E-state index >= 15 is 0 Å². The van der Waals surface area contributed by atoms with E-state index in [9.17, 15) is 18.0 Å². The van der Waals surface area contributed by atoms with Gasteiger partial charge in [-0.3, -0.25) is 4.79 Å². The lowest BCUT2D eigenvalue weighted by molar-refractivity contribution is -0.137. The van der Waals surface area contributed by atoms with E-state index in [2.05, 4.69) is 28.2 Å². The fourth-order valence-corrected chi connectivity index (χ4v) is 2.24. The third-order valence-electron chi connectivity index (χ3n) is 3.08. The molecule has 118 valence electrons. The highest BCUT2D eigenvalue weighted by Gasteiger charge is 2.31. The highest BCUT2D eigenvalue weighted by molar-refractivity contribution is 9.10. The third-order valence-corrected chi connectivity index (χ3v) is 3.77. The number of hydrogen-bond donors (Lipinski definition) is 1. The zero-order valence-corrected chi connectivity index (χ0v) is 13.5. The van der Waals surface area contributed by atoms with Crippen molar-refractivity contribution in [1.82, 2.24) is 0 Å². The summed E-state index contributed by atoms with van der Waals surface area (Å²) < 4.78 is 38.3. The zero-order chi connectivity index (χ0) is 15.9. The average Bonchev–Trinajstić information content (AvgIpc) is 2.40. The molecule has 0 atom stereocenters. The van der Waals surface area contributed by atoms with E-state index in [1.807, 2.05) is 0 Å². The molecule has 0 saturated carbocycles. The van der Waals surface area contributed by atoms with Crippen LogP contribution in [0, 0.1) is 0 Å². The van der Waals surface area contributed by atoms with Gasteiger partial charge in [-0.25, -0.2) is 0 Å². The van der Waals surface area contributed by atoms with E-state index < -0.39 is 11.7 Å². The van der Waals surface area contributed by atoms with Crippen molar-refractivity contribution >= 4 is 27.5 Å². The number of unbranched alkanes of at least 4 members (excludes halogenated alkanes) is 4. The molecule has 21 heavy (non-hydrogen) atoms. The van der Waals surface area contributed by atoms with Crippen LogP contribution in [-0.4, -0.2) is 5.91 Å². The highest BCUT2D eigenvalue weighted by Crippen LogP contribution is 2.34. The first-order valence-electron chi connectivity index (χ1n) is 7.01. The van der Waals surface area contributed by atoms with E-state index in [1.165, 1.54) is 6.07 Å². The van der Waals surface area contributed by atoms with E-state index in [0.717, 1.165) is 44.2 Å². The normalized spacial score (nSPS) is 11.5. The minimum atomic E-state index is -4.42. The van der Waals surface area contributed by atoms with Gasteiger partial charge in [0.1, 0.15) is 0 Å². The van der Waals surface area contributed by atoms with E-state index in [4.69, 9.17) is 0 Å². The third kappa shape index (κ3) is 6.50. The fourth-order valence-electron chi connectivity index (χ4n) is 1.90. The highest BCUT2D eigenvalue weighted by atomic mass is 79.9. The first-order valence-corrected chi connectivity index (χ1v) is 7.80. The maximum absolute atomic E-state index is 12.6. The predicted molar refractivity (Wildman–Crippen MR) is 81.1 cm³/mol. The summed E-state index contributed by atoms with van der Waals surface area (Å²) in [4.78, 5) is 11.7. The number of carbonyl (C=O) groups is 1. The Labute approximate surface area is 131 Å². The summed E-state index contributed by atoms with van der Waals surface area (Å²) >= 11 is 3.15. The lowest BCUT2D eigenvalue weighted by Crippen LogP contribution is -2.13. The molecule has 1 amide bonds. The van der Waals surface area contributed by atoms with Gasteiger partial charge >= 0.3 is 6.18 Å². The van der Waals surface area contributed by atoms with Crippen molar-refractivity contribution < 1.29 is 18.0 Å². The van der Waals surface area contributed by atoms with Crippen LogP contribution in [0.15, 0.2) is 22.7 Å². The van der Waals surface area contributed by atoms with Gasteiger partial charge < -0.3 is 5.32 Å². The predicted octanol–water partition coefficient (Wildman–Crippen LogP) is 5.77. The number of nitrogens with one attached hydrogen (secondary N) is 1. The summed E-state index contributed by atoms with van der Waals surface area (Å²) in [5.41, 5.74) is -0.618. The van der Waals surface area contributed by atoms with Crippen LogP contribution in [0.25, 0.3) is 0 Å². The number of hydrogen-bond acceptors (Lipinski definition) is 1. The maximum Gasteiger partial charge on any atom is 0.416 e. The van der Waals surface area contributed by atoms with E-state index in [-0.39, 0.29) is 11.6 Å². The molecule has 1 N–H and O–H groups in total. The number of benzene rings is 1. The smallest absolute Gasteiger partial charge is 0.325 e. The van der Waals surface area contributed by atoms with Crippen LogP contribution in [0.4, 0.5) is 18.9 Å². The second kappa shape index (κ2) is 8.41. The summed E-state index contributed by atoms with van der Waals surface area (Å²) in [7, 11) is 0. The number of anilines is 1. The second-order valence-electron chi connectivity index (χ2n) is 4.90. The average molecular weight is 366 g/mol. The molecule has 0 spiro atoms. The van der Waals surface area contributed by atoms with E-state index in [1.54, 1.807) is 0 Å². The van der Waals surface area contributed by atoms with Crippen LogP contribution in [-0.2, 0) is 11.0 Å². The molecule has 0 unspecified atom stereocenters. The van der Waals surface area contributed by atoms with Gasteiger partial charge in [-0.05, 0) is 40.5 Å². The summed E-state index contributed by atoms with van der Waals surface area (Å²) in [6.45, 7) is 2.11. The second-order valence-corrected chi connectivity index (χ2v) is 5.76. The van der Waals surface area contributed by atoms with Crippen LogP contribution in [0.3, 0.4) is 0 Å². The molecule has 0 aliphatic rings. The Morgan fingerprint density at radius 1 is 1.19 bits per heavy atom. The monoisotopic (exact) mass is 365 g/mol. The van der Waals surface area contributed by atoms with Gasteiger partial charge in [0.05, 0.1) is 11.3 Å². The quantitative estimate of drug-likeness (QED) is 0.610. The van der Waals surface area contributed by atoms with Gasteiger partial charge in [0.25, 0.3) is 0 Å². The Morgan fingerprint density at radius 3 is 2.48 bits per heavy atom. The first kappa shape index (κ1) is 18.0. The molecule has 0 fully saturated rings. The number of amides is 1. The zero-order valence-electron chi connectivity index (χ0n) is 11.9. The molecule has 2 nitrogen and oxygen atoms in total. The minimum absolute atomic E-state index is 0.156. The Balaban J connectivity index is 2.55. The van der Waals surface area contributed by atoms with Gasteiger partial charge in [-0.1, -0.05) is 32.6 Å². The summed E-state index contributed by atoms with van der Waals surface area (Å²) in [5.74, 6) is -0.258. The Kier molecular flexibility index (Phi) is 7.22. The van der Waals surface area contributed by atoms with Crippen molar-refractivity contribution in [2.75, 3.05) is 5.32 Å². The molecule has 0 radical (unpaired) electrons. The fraction of sp³-hybridized carbons (Fsp3) is 0.533. The first-order chi connectivity index (χ1) is 9.84. The molecule has 0 aromatic heterocycles. The molecule has 0 aliphatic heterocycles. The standard InChI is InChI=1S/C15H19BrF3NO/c1-2-3-4-5-6-7-14(21)20-13-10-11(15(17,18)19)8-9-12(13)16/h8-10H,2-7H2,1H3,(H,20,21). The van der Waals surface area contributed by atoms with Gasteiger partial charge in [-0.15, -0.1) is 0 Å². The van der Waals surface area contributed by atoms with Crippen molar-refractivity contribution in [2.24, 2.45) is 0 Å². The molecule has 0 aliphatic carbocycles. The van der Waals surface area contributed by atoms with Crippen molar-refractivity contribution in [1.29, 1.82) is 0 Å². The van der Waals surface area contributed by atoms with Gasteiger partial charge in [0.2, 0.25) is 5.91 Å². The van der Waals surface area contributed by atoms with E-state index in [0.29, 0.717) is 10.9 Å². The SMILES string of the molecule is CCCCCCCC(=O)Nc1cc(C(F)(F)F)ccc1Br. The molecule has 1 aromatic rings. The molecular weight excluding hydrogens is 347 g/mol. The van der Waals surface area contributed by atoms with Crippen molar-refractivity contribution in [2.45, 2.75) is 51.6 Å². The largest absolute Gasteiger partial charge is 0.416 e. The Bertz CT molecular complexity index is 474. The number of halogens is 4. The lowest BCUT2D eigenvalue weighted by Gasteiger charge is -2.11. The van der Waals surface area contributed by atoms with Gasteiger partial charge in [0, 0.05) is 10.9 Å². The minimum Gasteiger partial charge on any atom is -0.325 e. The van der Waals surface area contributed by atoms with Crippen LogP contribution in [0.2, 0.25) is 0 Å². The Hall–Kier alpha value is -1.04. The van der Waals surface area contributed by atoms with Crippen molar-refractivity contribution in [3.63, 3.8) is 0 Å². The molecule has 6 heteroatoms. The molecule has 1 aromatic carbocycles. The molecule has 0 saturated heterocycles. The van der Waals surface area contributed by atoms with Crippen LogP contribution in [0.5, 0.6) is 0 Å². The van der Waals surface area contributed by atoms with Crippen LogP contribution >= 0.6 is 15.9 Å². The maximum atomic E-state index is 12.6. The van der Waals surface area contributed by atoms with Crippen molar-refractivity contribution in [3.05, 3.63) is 28.2 Å². The number of carbonyl (C=O) groups excluding carboxylic acids is 1. The summed E-state index contributed by atoms with van der Waals surface area (Å²) in [6, 6.07) is 3.21. The van der Waals surface area contributed by atoms with Gasteiger partial charge in [0.15, 0.2) is 0 Å². The molecule has 1 rings (SSSR count). The van der Waals surface area contributed by atoms with Crippen molar-refractivity contribution in [3.8, 4) is 0 Å². The summed E-state index contributed by atoms with van der Waals surface area (Å²) in [5, 5.41) is 2.53. The van der Waals surface area contributed by atoms with Crippen LogP contribution < -0.4 is 5.32 Å². The Morgan fingerprint density at radius 2 is 1.86 bits per heavy atom. The van der Waals surface area contributed by atoms with Crippen LogP contribution in [0.1, 0.15) is 51.0 Å².